The van der Waals surface area contributed by atoms with Crippen molar-refractivity contribution in [1.82, 2.24) is 4.98 Å². The Bertz CT molecular complexity index is 1940. The summed E-state index contributed by atoms with van der Waals surface area (Å²) >= 11 is 0. The van der Waals surface area contributed by atoms with Gasteiger partial charge in [0.15, 0.2) is 0 Å². The van der Waals surface area contributed by atoms with Crippen LogP contribution in [0.5, 0.6) is 0 Å². The van der Waals surface area contributed by atoms with Crippen molar-refractivity contribution in [2.45, 2.75) is 64.7 Å². The first-order chi connectivity index (χ1) is 22.4. The Morgan fingerprint density at radius 1 is 0.638 bits per heavy atom. The molecular weight excluding hydrogens is 569 g/mol. The number of benzene rings is 4. The van der Waals surface area contributed by atoms with Gasteiger partial charge in [-0.3, -0.25) is 9.98 Å². The normalized spacial score (nSPS) is 14.7. The van der Waals surface area contributed by atoms with Crippen molar-refractivity contribution in [3.63, 3.8) is 0 Å². The number of allylic oxidation sites excluding steroid dienone is 4. The second-order valence-electron chi connectivity index (χ2n) is 14.7. The van der Waals surface area contributed by atoms with Crippen molar-refractivity contribution in [3.8, 4) is 22.4 Å². The van der Waals surface area contributed by atoms with E-state index in [0.29, 0.717) is 0 Å². The van der Waals surface area contributed by atoms with Crippen LogP contribution in [0.25, 0.3) is 28.0 Å². The third-order valence-corrected chi connectivity index (χ3v) is 9.56. The predicted octanol–water partition coefficient (Wildman–Crippen LogP) is 11.4. The van der Waals surface area contributed by atoms with Crippen molar-refractivity contribution in [1.29, 1.82) is 0 Å². The van der Waals surface area contributed by atoms with E-state index in [1.165, 1.54) is 44.5 Å². The van der Waals surface area contributed by atoms with E-state index >= 15 is 0 Å². The van der Waals surface area contributed by atoms with Crippen molar-refractivity contribution < 1.29 is 0 Å². The van der Waals surface area contributed by atoms with Crippen LogP contribution < -0.4 is 0 Å². The highest BCUT2D eigenvalue weighted by molar-refractivity contribution is 6.13. The Hall–Kier alpha value is -4.82. The fourth-order valence-corrected chi connectivity index (χ4v) is 6.84. The van der Waals surface area contributed by atoms with E-state index in [1.54, 1.807) is 0 Å². The molecule has 0 fully saturated rings. The van der Waals surface area contributed by atoms with Gasteiger partial charge < -0.3 is 0 Å². The van der Waals surface area contributed by atoms with Crippen molar-refractivity contribution in [2.24, 2.45) is 4.99 Å². The quantitative estimate of drug-likeness (QED) is 0.138. The monoisotopic (exact) mass is 614 g/mol. The molecule has 1 aromatic heterocycles. The third kappa shape index (κ3) is 5.94. The summed E-state index contributed by atoms with van der Waals surface area (Å²) in [4.78, 5) is 10.5. The summed E-state index contributed by atoms with van der Waals surface area (Å²) in [5.74, 6) is 0. The van der Waals surface area contributed by atoms with Gasteiger partial charge in [0.25, 0.3) is 0 Å². The number of hydrogen-bond donors (Lipinski definition) is 0. The first kappa shape index (κ1) is 32.1. The number of aromatic nitrogens is 1. The second kappa shape index (κ2) is 12.4. The van der Waals surface area contributed by atoms with Gasteiger partial charge >= 0.3 is 0 Å². The number of nitrogens with zero attached hydrogens (tertiary/aromatic N) is 2. The van der Waals surface area contributed by atoms with E-state index in [0.717, 1.165) is 22.7 Å². The number of rotatable bonds is 6. The summed E-state index contributed by atoms with van der Waals surface area (Å²) in [5, 5.41) is 0. The van der Waals surface area contributed by atoms with Crippen LogP contribution in [0.2, 0.25) is 0 Å². The van der Waals surface area contributed by atoms with E-state index in [4.69, 9.17) is 9.98 Å². The van der Waals surface area contributed by atoms with Gasteiger partial charge in [-0.05, 0) is 80.5 Å². The molecule has 0 saturated heterocycles. The highest BCUT2D eigenvalue weighted by atomic mass is 14.8. The average Bonchev–Trinajstić information content (AvgIpc) is 3.37. The molecule has 0 radical (unpaired) electrons. The Balaban J connectivity index is 1.48. The molecular formula is C45H46N2. The maximum absolute atomic E-state index is 5.44. The Morgan fingerprint density at radius 2 is 1.17 bits per heavy atom. The zero-order valence-corrected chi connectivity index (χ0v) is 29.1. The van der Waals surface area contributed by atoms with Gasteiger partial charge in [0.05, 0.1) is 17.1 Å². The van der Waals surface area contributed by atoms with Crippen LogP contribution in [-0.4, -0.2) is 17.7 Å². The summed E-state index contributed by atoms with van der Waals surface area (Å²) in [6.45, 7) is 15.7. The van der Waals surface area contributed by atoms with Crippen molar-refractivity contribution in [3.05, 3.63) is 167 Å². The molecule has 1 aliphatic rings. The fourth-order valence-electron chi connectivity index (χ4n) is 6.84. The lowest BCUT2D eigenvalue weighted by atomic mass is 9.70. The lowest BCUT2D eigenvalue weighted by Gasteiger charge is -2.32. The molecule has 0 saturated carbocycles. The lowest BCUT2D eigenvalue weighted by molar-refractivity contribution is 0.590. The van der Waals surface area contributed by atoms with Crippen LogP contribution in [0, 0.1) is 0 Å². The van der Waals surface area contributed by atoms with Crippen LogP contribution in [0.1, 0.15) is 82.0 Å². The van der Waals surface area contributed by atoms with Crippen molar-refractivity contribution >= 4 is 11.3 Å². The summed E-state index contributed by atoms with van der Waals surface area (Å²) in [6.07, 6.45) is 6.52. The Labute approximate surface area is 281 Å². The maximum atomic E-state index is 5.44. The molecule has 0 atom stereocenters. The molecule has 2 heteroatoms. The molecule has 5 aromatic rings. The standard InChI is InChI=1S/C45H46N2/c1-31(32-23-27-34(28-24-32)43(2,3)4)15-13-21-41(46-8)45(38-18-11-9-16-36(38)37-17-10-12-19-39(37)45)42-22-14-20-40(47-42)33-25-29-35(30-26-33)44(5,6)7/h9-30H,1-8H3/b21-13-,31-15+,46-41?. The minimum atomic E-state index is -0.671. The molecule has 0 amide bonds. The Morgan fingerprint density at radius 3 is 1.70 bits per heavy atom. The molecule has 0 unspecified atom stereocenters. The number of aliphatic imine (C=N–C) groups is 1. The summed E-state index contributed by atoms with van der Waals surface area (Å²) in [5.41, 5.74) is 13.5. The minimum Gasteiger partial charge on any atom is -0.291 e. The molecule has 4 aromatic carbocycles. The van der Waals surface area contributed by atoms with Gasteiger partial charge in [-0.1, -0.05) is 157 Å². The van der Waals surface area contributed by atoms with Gasteiger partial charge in [-0.25, -0.2) is 0 Å². The van der Waals surface area contributed by atoms with E-state index < -0.39 is 5.41 Å². The average molecular weight is 615 g/mol. The first-order valence-electron chi connectivity index (χ1n) is 16.7. The lowest BCUT2D eigenvalue weighted by Crippen LogP contribution is -2.36. The van der Waals surface area contributed by atoms with Gasteiger partial charge in [-0.15, -0.1) is 0 Å². The smallest absolute Gasteiger partial charge is 0.105 e. The van der Waals surface area contributed by atoms with Gasteiger partial charge in [0, 0.05) is 12.6 Å². The number of hydrogen-bond acceptors (Lipinski definition) is 2. The summed E-state index contributed by atoms with van der Waals surface area (Å²) in [6, 6.07) is 41.7. The van der Waals surface area contributed by atoms with Crippen LogP contribution >= 0.6 is 0 Å². The number of fused-ring (bicyclic) bond motifs is 3. The topological polar surface area (TPSA) is 25.2 Å². The van der Waals surface area contributed by atoms with E-state index in [1.807, 2.05) is 7.05 Å². The fraction of sp³-hybridized carbons (Fsp3) is 0.244. The largest absolute Gasteiger partial charge is 0.291 e. The maximum Gasteiger partial charge on any atom is 0.105 e. The van der Waals surface area contributed by atoms with Crippen LogP contribution in [0.3, 0.4) is 0 Å². The highest BCUT2D eigenvalue weighted by Crippen LogP contribution is 2.53. The summed E-state index contributed by atoms with van der Waals surface area (Å²) < 4.78 is 0. The molecule has 47 heavy (non-hydrogen) atoms. The molecule has 0 aliphatic heterocycles. The Kier molecular flexibility index (Phi) is 8.49. The number of pyridine rings is 1. The molecule has 0 spiro atoms. The zero-order chi connectivity index (χ0) is 33.4. The van der Waals surface area contributed by atoms with Gasteiger partial charge in [-0.2, -0.15) is 0 Å². The predicted molar refractivity (Wildman–Crippen MR) is 201 cm³/mol. The van der Waals surface area contributed by atoms with Crippen molar-refractivity contribution in [2.75, 3.05) is 7.05 Å². The minimum absolute atomic E-state index is 0.0939. The van der Waals surface area contributed by atoms with Crippen LogP contribution in [0.15, 0.2) is 138 Å². The highest BCUT2D eigenvalue weighted by Gasteiger charge is 2.48. The van der Waals surface area contributed by atoms with Gasteiger partial charge in [0.1, 0.15) is 5.41 Å². The molecule has 236 valence electrons. The van der Waals surface area contributed by atoms with E-state index in [2.05, 4.69) is 182 Å². The van der Waals surface area contributed by atoms with Crippen LogP contribution in [-0.2, 0) is 16.2 Å². The third-order valence-electron chi connectivity index (χ3n) is 9.56. The molecule has 1 aliphatic carbocycles. The SMILES string of the molecule is CN=C(/C=C\C=C(/C)c1ccc(C(C)(C)C)cc1)C1(c2cccc(-c3ccc(C(C)(C)C)cc3)n2)c2ccccc2-c2ccccc21. The van der Waals surface area contributed by atoms with E-state index in [9.17, 15) is 0 Å². The second-order valence-corrected chi connectivity index (χ2v) is 14.7. The first-order valence-corrected chi connectivity index (χ1v) is 16.7. The molecule has 2 nitrogen and oxygen atoms in total. The summed E-state index contributed by atoms with van der Waals surface area (Å²) in [7, 11) is 1.90. The van der Waals surface area contributed by atoms with Gasteiger partial charge in [0.2, 0.25) is 0 Å². The van der Waals surface area contributed by atoms with Crippen LogP contribution in [0.4, 0.5) is 0 Å². The molecule has 0 N–H and O–H groups in total. The molecule has 1 heterocycles. The molecule has 6 rings (SSSR count). The zero-order valence-electron chi connectivity index (χ0n) is 29.1. The van der Waals surface area contributed by atoms with E-state index in [-0.39, 0.29) is 10.8 Å². The molecule has 0 bridgehead atoms.